The van der Waals surface area contributed by atoms with E-state index >= 15 is 0 Å². The smallest absolute Gasteiger partial charge is 0.322 e. The molecule has 1 amide bonds. The fourth-order valence-electron chi connectivity index (χ4n) is 3.15. The lowest BCUT2D eigenvalue weighted by Gasteiger charge is -2.13. The number of nitrogens with one attached hydrogen (secondary N) is 1. The molecule has 0 bridgehead atoms. The summed E-state index contributed by atoms with van der Waals surface area (Å²) in [7, 11) is 0. The Hall–Kier alpha value is -3.30. The Morgan fingerprint density at radius 2 is 1.84 bits per heavy atom. The van der Waals surface area contributed by atoms with E-state index in [0.717, 1.165) is 32.6 Å². The summed E-state index contributed by atoms with van der Waals surface area (Å²) in [4.78, 5) is 38.5. The van der Waals surface area contributed by atoms with Crippen LogP contribution < -0.4 is 16.6 Å². The Kier molecular flexibility index (Phi) is 5.71. The Morgan fingerprint density at radius 1 is 1.06 bits per heavy atom. The van der Waals surface area contributed by atoms with E-state index < -0.39 is 35.3 Å². The second kappa shape index (κ2) is 8.44. The van der Waals surface area contributed by atoms with Crippen LogP contribution in [0.15, 0.2) is 63.5 Å². The quantitative estimate of drug-likeness (QED) is 0.490. The number of halogens is 3. The largest absolute Gasteiger partial charge is 0.332 e. The van der Waals surface area contributed by atoms with Crippen molar-refractivity contribution in [1.82, 2.24) is 9.13 Å². The molecule has 0 saturated heterocycles. The van der Waals surface area contributed by atoms with Gasteiger partial charge < -0.3 is 5.32 Å². The highest BCUT2D eigenvalue weighted by atomic mass is 35.5. The number of thiophene rings is 1. The molecule has 0 aliphatic heterocycles. The van der Waals surface area contributed by atoms with Gasteiger partial charge in [0.2, 0.25) is 5.91 Å². The molecular formula is C21H14ClF2N3O3S. The predicted molar refractivity (Wildman–Crippen MR) is 116 cm³/mol. The lowest BCUT2D eigenvalue weighted by Crippen LogP contribution is -2.41. The molecular weight excluding hydrogens is 448 g/mol. The van der Waals surface area contributed by atoms with Crippen LogP contribution >= 0.6 is 22.9 Å². The summed E-state index contributed by atoms with van der Waals surface area (Å²) < 4.78 is 29.4. The summed E-state index contributed by atoms with van der Waals surface area (Å²) in [6.45, 7) is -0.537. The zero-order valence-corrected chi connectivity index (χ0v) is 17.3. The first-order valence-corrected chi connectivity index (χ1v) is 10.3. The van der Waals surface area contributed by atoms with Crippen LogP contribution in [-0.2, 0) is 17.9 Å². The molecule has 0 aliphatic carbocycles. The molecule has 2 aromatic carbocycles. The molecule has 0 aliphatic rings. The van der Waals surface area contributed by atoms with E-state index in [1.165, 1.54) is 0 Å². The average Bonchev–Trinajstić information content (AvgIpc) is 3.22. The van der Waals surface area contributed by atoms with Crippen molar-refractivity contribution in [3.63, 3.8) is 0 Å². The van der Waals surface area contributed by atoms with Gasteiger partial charge in [-0.3, -0.25) is 18.7 Å². The van der Waals surface area contributed by atoms with Gasteiger partial charge in [-0.15, -0.1) is 11.3 Å². The number of anilines is 1. The van der Waals surface area contributed by atoms with Crippen LogP contribution in [0.25, 0.3) is 10.2 Å². The fourth-order valence-corrected chi connectivity index (χ4v) is 4.19. The number of hydrogen-bond acceptors (Lipinski definition) is 4. The number of benzene rings is 2. The molecule has 0 unspecified atom stereocenters. The highest BCUT2D eigenvalue weighted by Crippen LogP contribution is 2.19. The van der Waals surface area contributed by atoms with Crippen LogP contribution in [0.2, 0.25) is 5.02 Å². The first-order chi connectivity index (χ1) is 14.8. The molecule has 6 nitrogen and oxygen atoms in total. The summed E-state index contributed by atoms with van der Waals surface area (Å²) in [5.41, 5.74) is -0.541. The topological polar surface area (TPSA) is 73.1 Å². The van der Waals surface area contributed by atoms with Gasteiger partial charge in [-0.1, -0.05) is 29.8 Å². The van der Waals surface area contributed by atoms with E-state index in [2.05, 4.69) is 5.32 Å². The van der Waals surface area contributed by atoms with Crippen LogP contribution in [-0.4, -0.2) is 15.0 Å². The third kappa shape index (κ3) is 4.14. The molecule has 4 rings (SSSR count). The van der Waals surface area contributed by atoms with Crippen molar-refractivity contribution in [2.24, 2.45) is 0 Å². The molecule has 0 saturated carbocycles. The summed E-state index contributed by atoms with van der Waals surface area (Å²) >= 11 is 7.31. The number of amides is 1. The second-order valence-corrected chi connectivity index (χ2v) is 7.98. The van der Waals surface area contributed by atoms with Gasteiger partial charge in [-0.2, -0.15) is 0 Å². The molecule has 0 atom stereocenters. The zero-order chi connectivity index (χ0) is 22.1. The van der Waals surface area contributed by atoms with Crippen molar-refractivity contribution in [1.29, 1.82) is 0 Å². The van der Waals surface area contributed by atoms with Crippen molar-refractivity contribution in [2.45, 2.75) is 13.1 Å². The lowest BCUT2D eigenvalue weighted by molar-refractivity contribution is -0.116. The highest BCUT2D eigenvalue weighted by Gasteiger charge is 2.18. The van der Waals surface area contributed by atoms with Gasteiger partial charge in [0.15, 0.2) is 0 Å². The molecule has 2 heterocycles. The number of rotatable bonds is 5. The monoisotopic (exact) mass is 461 g/mol. The third-order valence-electron chi connectivity index (χ3n) is 4.63. The molecule has 2 aromatic heterocycles. The number of fused-ring (bicyclic) bond motifs is 1. The van der Waals surface area contributed by atoms with Gasteiger partial charge in [0, 0.05) is 11.1 Å². The van der Waals surface area contributed by atoms with Crippen molar-refractivity contribution in [2.75, 3.05) is 5.32 Å². The van der Waals surface area contributed by atoms with Crippen LogP contribution in [0.4, 0.5) is 14.5 Å². The number of carbonyl (C=O) groups excluding carboxylic acids is 1. The number of nitrogens with zero attached hydrogens (tertiary/aromatic N) is 2. The van der Waals surface area contributed by atoms with E-state index in [9.17, 15) is 23.2 Å². The molecule has 4 aromatic rings. The minimum Gasteiger partial charge on any atom is -0.322 e. The maximum absolute atomic E-state index is 13.8. The van der Waals surface area contributed by atoms with Crippen molar-refractivity contribution in [3.8, 4) is 0 Å². The van der Waals surface area contributed by atoms with Gasteiger partial charge in [0.1, 0.15) is 22.9 Å². The summed E-state index contributed by atoms with van der Waals surface area (Å²) in [5.74, 6) is -2.42. The van der Waals surface area contributed by atoms with Gasteiger partial charge >= 0.3 is 5.69 Å². The van der Waals surface area contributed by atoms with E-state index in [1.807, 2.05) is 0 Å². The van der Waals surface area contributed by atoms with Crippen molar-refractivity contribution in [3.05, 3.63) is 97.0 Å². The number of carbonyl (C=O) groups is 1. The molecule has 0 spiro atoms. The Balaban J connectivity index is 1.73. The second-order valence-electron chi connectivity index (χ2n) is 6.66. The Morgan fingerprint density at radius 3 is 2.58 bits per heavy atom. The molecule has 0 fully saturated rings. The Bertz CT molecular complexity index is 1430. The van der Waals surface area contributed by atoms with Crippen molar-refractivity contribution >= 4 is 44.7 Å². The van der Waals surface area contributed by atoms with Crippen LogP contribution in [0, 0.1) is 11.6 Å². The zero-order valence-electron chi connectivity index (χ0n) is 15.8. The molecule has 31 heavy (non-hydrogen) atoms. The van der Waals surface area contributed by atoms with E-state index in [-0.39, 0.29) is 12.2 Å². The van der Waals surface area contributed by atoms with Gasteiger partial charge in [0.05, 0.1) is 17.7 Å². The number of hydrogen-bond donors (Lipinski definition) is 1. The summed E-state index contributed by atoms with van der Waals surface area (Å²) in [6.07, 6.45) is 0. The van der Waals surface area contributed by atoms with Gasteiger partial charge in [-0.05, 0) is 35.2 Å². The first-order valence-electron chi connectivity index (χ1n) is 9.04. The average molecular weight is 462 g/mol. The molecule has 158 valence electrons. The first kappa shape index (κ1) is 21.0. The normalized spacial score (nSPS) is 11.1. The minimum absolute atomic E-state index is 0.0701. The van der Waals surface area contributed by atoms with Crippen LogP contribution in [0.3, 0.4) is 0 Å². The van der Waals surface area contributed by atoms with E-state index in [0.29, 0.717) is 26.9 Å². The molecule has 1 N–H and O–H groups in total. The maximum Gasteiger partial charge on any atom is 0.332 e. The molecule has 0 radical (unpaired) electrons. The Labute approximate surface area is 182 Å². The minimum atomic E-state index is -0.940. The highest BCUT2D eigenvalue weighted by molar-refractivity contribution is 7.17. The number of aromatic nitrogens is 2. The predicted octanol–water partition coefficient (Wildman–Crippen LogP) is 3.84. The van der Waals surface area contributed by atoms with Crippen LogP contribution in [0.1, 0.15) is 5.56 Å². The lowest BCUT2D eigenvalue weighted by atomic mass is 10.2. The van der Waals surface area contributed by atoms with Crippen molar-refractivity contribution < 1.29 is 13.6 Å². The van der Waals surface area contributed by atoms with Crippen LogP contribution in [0.5, 0.6) is 0 Å². The maximum atomic E-state index is 13.8. The fraction of sp³-hybridized carbons (Fsp3) is 0.0952. The van der Waals surface area contributed by atoms with Gasteiger partial charge in [0.25, 0.3) is 5.56 Å². The van der Waals surface area contributed by atoms with E-state index in [4.69, 9.17) is 11.6 Å². The third-order valence-corrected chi connectivity index (χ3v) is 5.89. The standard InChI is InChI=1S/C21H14ClF2N3O3S/c22-14-4-2-1-3-12(14)10-27-20(29)19-17(7-8-31-19)26(21(27)30)11-18(28)25-16-6-5-13(23)9-15(16)24/h1-9H,10-11H2,(H,25,28). The summed E-state index contributed by atoms with van der Waals surface area (Å²) in [6, 6.07) is 11.1. The molecule has 10 heteroatoms. The van der Waals surface area contributed by atoms with Gasteiger partial charge in [-0.25, -0.2) is 13.6 Å². The summed E-state index contributed by atoms with van der Waals surface area (Å²) in [5, 5.41) is 4.35. The van der Waals surface area contributed by atoms with E-state index in [1.54, 1.807) is 35.7 Å². The SMILES string of the molecule is O=C(Cn1c(=O)n(Cc2ccccc2Cl)c(=O)c2sccc21)Nc1ccc(F)cc1F.